The van der Waals surface area contributed by atoms with Gasteiger partial charge in [-0.15, -0.1) is 0 Å². The van der Waals surface area contributed by atoms with Crippen molar-refractivity contribution in [1.29, 1.82) is 0 Å². The SMILES string of the molecule is Cc1cc(NN)ccc1C(=O)NCCS(N)(=O)=O. The fraction of sp³-hybridized carbons (Fsp3) is 0.300. The van der Waals surface area contributed by atoms with Crippen LogP contribution in [0.1, 0.15) is 15.9 Å². The fourth-order valence-electron chi connectivity index (χ4n) is 1.41. The summed E-state index contributed by atoms with van der Waals surface area (Å²) in [6.07, 6.45) is 0. The Morgan fingerprint density at radius 1 is 1.39 bits per heavy atom. The first-order chi connectivity index (χ1) is 8.33. The summed E-state index contributed by atoms with van der Waals surface area (Å²) in [5, 5.41) is 7.31. The second-order valence-corrected chi connectivity index (χ2v) is 5.53. The van der Waals surface area contributed by atoms with Gasteiger partial charge in [0.05, 0.1) is 5.75 Å². The van der Waals surface area contributed by atoms with E-state index >= 15 is 0 Å². The Hall–Kier alpha value is -1.64. The fourth-order valence-corrected chi connectivity index (χ4v) is 1.80. The molecule has 0 saturated heterocycles. The zero-order valence-electron chi connectivity index (χ0n) is 9.93. The lowest BCUT2D eigenvalue weighted by molar-refractivity contribution is 0.0955. The van der Waals surface area contributed by atoms with Crippen LogP contribution in [0.15, 0.2) is 18.2 Å². The summed E-state index contributed by atoms with van der Waals surface area (Å²) in [6.45, 7) is 1.74. The van der Waals surface area contributed by atoms with Crippen molar-refractivity contribution in [3.05, 3.63) is 29.3 Å². The van der Waals surface area contributed by atoms with E-state index in [2.05, 4.69) is 10.7 Å². The molecule has 0 spiro atoms. The van der Waals surface area contributed by atoms with E-state index in [1.165, 1.54) is 0 Å². The number of hydrazine groups is 1. The van der Waals surface area contributed by atoms with Crippen molar-refractivity contribution in [3.63, 3.8) is 0 Å². The Labute approximate surface area is 106 Å². The van der Waals surface area contributed by atoms with Crippen LogP contribution in [0.25, 0.3) is 0 Å². The number of benzene rings is 1. The maximum absolute atomic E-state index is 11.8. The first-order valence-corrected chi connectivity index (χ1v) is 6.91. The van der Waals surface area contributed by atoms with Gasteiger partial charge in [0.2, 0.25) is 10.0 Å². The van der Waals surface area contributed by atoms with Crippen LogP contribution in [0.2, 0.25) is 0 Å². The topological polar surface area (TPSA) is 127 Å². The van der Waals surface area contributed by atoms with Gasteiger partial charge in [-0.3, -0.25) is 10.6 Å². The third-order valence-electron chi connectivity index (χ3n) is 2.31. The minimum absolute atomic E-state index is 0.0198. The zero-order valence-corrected chi connectivity index (χ0v) is 10.8. The van der Waals surface area contributed by atoms with Crippen molar-refractivity contribution in [3.8, 4) is 0 Å². The lowest BCUT2D eigenvalue weighted by Crippen LogP contribution is -2.31. The van der Waals surface area contributed by atoms with Crippen LogP contribution in [0.5, 0.6) is 0 Å². The molecular formula is C10H16N4O3S. The molecule has 0 aliphatic rings. The van der Waals surface area contributed by atoms with Gasteiger partial charge < -0.3 is 10.7 Å². The van der Waals surface area contributed by atoms with Gasteiger partial charge >= 0.3 is 0 Å². The number of hydrogen-bond donors (Lipinski definition) is 4. The summed E-state index contributed by atoms with van der Waals surface area (Å²) >= 11 is 0. The van der Waals surface area contributed by atoms with Gasteiger partial charge in [0.25, 0.3) is 5.91 Å². The van der Waals surface area contributed by atoms with Crippen LogP contribution in [0, 0.1) is 6.92 Å². The predicted octanol–water partition coefficient (Wildman–Crippen LogP) is -0.701. The normalized spacial score (nSPS) is 11.1. The summed E-state index contributed by atoms with van der Waals surface area (Å²) in [5.41, 5.74) is 4.35. The number of nitrogen functional groups attached to an aromatic ring is 1. The Morgan fingerprint density at radius 2 is 2.06 bits per heavy atom. The molecular weight excluding hydrogens is 256 g/mol. The molecule has 8 heteroatoms. The lowest BCUT2D eigenvalue weighted by atomic mass is 10.1. The number of aryl methyl sites for hydroxylation is 1. The molecule has 18 heavy (non-hydrogen) atoms. The van der Waals surface area contributed by atoms with Gasteiger partial charge in [0.1, 0.15) is 0 Å². The minimum Gasteiger partial charge on any atom is -0.351 e. The van der Waals surface area contributed by atoms with E-state index in [4.69, 9.17) is 11.0 Å². The van der Waals surface area contributed by atoms with Crippen molar-refractivity contribution >= 4 is 21.6 Å². The Kier molecular flexibility index (Phi) is 4.65. The molecule has 0 aliphatic heterocycles. The highest BCUT2D eigenvalue weighted by Gasteiger charge is 2.10. The van der Waals surface area contributed by atoms with Crippen molar-refractivity contribution in [1.82, 2.24) is 5.32 Å². The smallest absolute Gasteiger partial charge is 0.251 e. The highest BCUT2D eigenvalue weighted by atomic mass is 32.2. The molecule has 1 rings (SSSR count). The van der Waals surface area contributed by atoms with E-state index in [1.807, 2.05) is 0 Å². The number of rotatable bonds is 5. The second-order valence-electron chi connectivity index (χ2n) is 3.80. The van der Waals surface area contributed by atoms with Gasteiger partial charge in [-0.25, -0.2) is 13.6 Å². The van der Waals surface area contributed by atoms with Crippen molar-refractivity contribution in [2.24, 2.45) is 11.0 Å². The van der Waals surface area contributed by atoms with Gasteiger partial charge in [-0.2, -0.15) is 0 Å². The highest BCUT2D eigenvalue weighted by molar-refractivity contribution is 7.89. The molecule has 6 N–H and O–H groups in total. The van der Waals surface area contributed by atoms with E-state index in [9.17, 15) is 13.2 Å². The molecule has 0 aliphatic carbocycles. The molecule has 0 unspecified atom stereocenters. The second kappa shape index (κ2) is 5.80. The molecule has 0 bridgehead atoms. The summed E-state index contributed by atoms with van der Waals surface area (Å²) in [6, 6.07) is 4.98. The molecule has 1 aromatic rings. The molecule has 0 atom stereocenters. The van der Waals surface area contributed by atoms with Gasteiger partial charge in [-0.05, 0) is 30.7 Å². The standard InChI is InChI=1S/C10H16N4O3S/c1-7-6-8(14-11)2-3-9(7)10(15)13-4-5-18(12,16)17/h2-3,6,14H,4-5,11H2,1H3,(H,13,15)(H2,12,16,17). The molecule has 7 nitrogen and oxygen atoms in total. The third kappa shape index (κ3) is 4.32. The predicted molar refractivity (Wildman–Crippen MR) is 69.3 cm³/mol. The van der Waals surface area contributed by atoms with E-state index in [0.717, 1.165) is 5.56 Å². The molecule has 0 saturated carbocycles. The summed E-state index contributed by atoms with van der Waals surface area (Å²) < 4.78 is 21.4. The first-order valence-electron chi connectivity index (χ1n) is 5.19. The Bertz CT molecular complexity index is 542. The molecule has 0 aromatic heterocycles. The Balaban J connectivity index is 2.67. The number of primary sulfonamides is 1. The van der Waals surface area contributed by atoms with Crippen LogP contribution >= 0.6 is 0 Å². The average Bonchev–Trinajstić information content (AvgIpc) is 2.26. The molecule has 1 amide bonds. The van der Waals surface area contributed by atoms with Crippen molar-refractivity contribution in [2.45, 2.75) is 6.92 Å². The number of amides is 1. The number of nitrogens with one attached hydrogen (secondary N) is 2. The van der Waals surface area contributed by atoms with E-state index in [-0.39, 0.29) is 18.2 Å². The molecule has 100 valence electrons. The number of hydrogen-bond acceptors (Lipinski definition) is 5. The Morgan fingerprint density at radius 3 is 2.56 bits per heavy atom. The van der Waals surface area contributed by atoms with E-state index < -0.39 is 10.0 Å². The summed E-state index contributed by atoms with van der Waals surface area (Å²) in [7, 11) is -3.56. The number of sulfonamides is 1. The number of carbonyl (C=O) groups excluding carboxylic acids is 1. The zero-order chi connectivity index (χ0) is 13.8. The van der Waals surface area contributed by atoms with Gasteiger partial charge in [-0.1, -0.05) is 0 Å². The lowest BCUT2D eigenvalue weighted by Gasteiger charge is -2.08. The average molecular weight is 272 g/mol. The van der Waals surface area contributed by atoms with Crippen LogP contribution in [-0.4, -0.2) is 26.6 Å². The number of carbonyl (C=O) groups is 1. The van der Waals surface area contributed by atoms with Crippen LogP contribution < -0.4 is 21.7 Å². The van der Waals surface area contributed by atoms with E-state index in [0.29, 0.717) is 11.3 Å². The summed E-state index contributed by atoms with van der Waals surface area (Å²) in [5.74, 6) is 4.60. The third-order valence-corrected chi connectivity index (χ3v) is 3.08. The molecule has 0 fully saturated rings. The molecule has 0 radical (unpaired) electrons. The molecule has 1 aromatic carbocycles. The maximum Gasteiger partial charge on any atom is 0.251 e. The van der Waals surface area contributed by atoms with Gasteiger partial charge in [0, 0.05) is 17.8 Å². The summed E-state index contributed by atoms with van der Waals surface area (Å²) in [4.78, 5) is 11.8. The van der Waals surface area contributed by atoms with Crippen molar-refractivity contribution in [2.75, 3.05) is 17.7 Å². The van der Waals surface area contributed by atoms with Gasteiger partial charge in [0.15, 0.2) is 0 Å². The van der Waals surface area contributed by atoms with Crippen LogP contribution in [0.4, 0.5) is 5.69 Å². The van der Waals surface area contributed by atoms with Crippen LogP contribution in [0.3, 0.4) is 0 Å². The molecule has 0 heterocycles. The monoisotopic (exact) mass is 272 g/mol. The van der Waals surface area contributed by atoms with Crippen molar-refractivity contribution < 1.29 is 13.2 Å². The quantitative estimate of drug-likeness (QED) is 0.416. The minimum atomic E-state index is -3.56. The number of anilines is 1. The van der Waals surface area contributed by atoms with Crippen LogP contribution in [-0.2, 0) is 10.0 Å². The highest BCUT2D eigenvalue weighted by Crippen LogP contribution is 2.13. The van der Waals surface area contributed by atoms with E-state index in [1.54, 1.807) is 25.1 Å². The largest absolute Gasteiger partial charge is 0.351 e. The maximum atomic E-state index is 11.8. The first kappa shape index (κ1) is 14.4. The number of nitrogens with two attached hydrogens (primary N) is 2.